The SMILES string of the molecule is Fc1cccc(CNc2ccccc2-c2ccccc2)c1. The Kier molecular flexibility index (Phi) is 3.97. The Morgan fingerprint density at radius 2 is 1.52 bits per heavy atom. The van der Waals surface area contributed by atoms with E-state index < -0.39 is 0 Å². The van der Waals surface area contributed by atoms with Gasteiger partial charge in [-0.05, 0) is 29.3 Å². The van der Waals surface area contributed by atoms with Crippen LogP contribution < -0.4 is 5.32 Å². The van der Waals surface area contributed by atoms with E-state index in [0.29, 0.717) is 6.54 Å². The highest BCUT2D eigenvalue weighted by atomic mass is 19.1. The third-order valence-corrected chi connectivity index (χ3v) is 3.38. The standard InChI is InChI=1S/C19H16FN/c20-17-10-6-7-15(13-17)14-21-19-12-5-4-11-18(19)16-8-2-1-3-9-16/h1-13,21H,14H2. The lowest BCUT2D eigenvalue weighted by Gasteiger charge is -2.12. The van der Waals surface area contributed by atoms with Gasteiger partial charge in [0, 0.05) is 17.8 Å². The quantitative estimate of drug-likeness (QED) is 0.699. The second-order valence-corrected chi connectivity index (χ2v) is 4.90. The largest absolute Gasteiger partial charge is 0.380 e. The minimum Gasteiger partial charge on any atom is -0.380 e. The summed E-state index contributed by atoms with van der Waals surface area (Å²) in [6, 6.07) is 25.0. The minimum atomic E-state index is -0.203. The smallest absolute Gasteiger partial charge is 0.123 e. The third kappa shape index (κ3) is 3.29. The maximum Gasteiger partial charge on any atom is 0.123 e. The predicted octanol–water partition coefficient (Wildman–Crippen LogP) is 5.10. The molecule has 0 saturated heterocycles. The van der Waals surface area contributed by atoms with Crippen LogP contribution >= 0.6 is 0 Å². The molecule has 3 aromatic carbocycles. The third-order valence-electron chi connectivity index (χ3n) is 3.38. The second kappa shape index (κ2) is 6.23. The van der Waals surface area contributed by atoms with Crippen molar-refractivity contribution >= 4 is 5.69 Å². The van der Waals surface area contributed by atoms with Gasteiger partial charge in [0.25, 0.3) is 0 Å². The molecule has 0 aliphatic rings. The number of nitrogens with one attached hydrogen (secondary N) is 1. The van der Waals surface area contributed by atoms with Crippen LogP contribution in [0.2, 0.25) is 0 Å². The zero-order valence-corrected chi connectivity index (χ0v) is 11.6. The normalized spacial score (nSPS) is 10.3. The molecule has 0 aliphatic heterocycles. The number of benzene rings is 3. The Morgan fingerprint density at radius 3 is 2.33 bits per heavy atom. The van der Waals surface area contributed by atoms with E-state index in [1.807, 2.05) is 42.5 Å². The number of hydrogen-bond acceptors (Lipinski definition) is 1. The first kappa shape index (κ1) is 13.4. The van der Waals surface area contributed by atoms with Crippen molar-refractivity contribution in [1.29, 1.82) is 0 Å². The van der Waals surface area contributed by atoms with Crippen molar-refractivity contribution in [3.8, 4) is 11.1 Å². The highest BCUT2D eigenvalue weighted by Gasteiger charge is 2.04. The molecule has 0 saturated carbocycles. The number of para-hydroxylation sites is 1. The van der Waals surface area contributed by atoms with Crippen LogP contribution in [-0.4, -0.2) is 0 Å². The molecule has 0 heterocycles. The monoisotopic (exact) mass is 277 g/mol. The summed E-state index contributed by atoms with van der Waals surface area (Å²) in [5.74, 6) is -0.203. The lowest BCUT2D eigenvalue weighted by molar-refractivity contribution is 0.626. The van der Waals surface area contributed by atoms with Crippen molar-refractivity contribution in [2.75, 3.05) is 5.32 Å². The van der Waals surface area contributed by atoms with Gasteiger partial charge in [-0.25, -0.2) is 4.39 Å². The average molecular weight is 277 g/mol. The van der Waals surface area contributed by atoms with Gasteiger partial charge >= 0.3 is 0 Å². The molecule has 0 bridgehead atoms. The van der Waals surface area contributed by atoms with Crippen LogP contribution in [0.5, 0.6) is 0 Å². The maximum absolute atomic E-state index is 13.2. The molecular weight excluding hydrogens is 261 g/mol. The molecule has 0 aromatic heterocycles. The van der Waals surface area contributed by atoms with Crippen LogP contribution in [0.25, 0.3) is 11.1 Å². The van der Waals surface area contributed by atoms with Crippen molar-refractivity contribution in [1.82, 2.24) is 0 Å². The summed E-state index contributed by atoms with van der Waals surface area (Å²) >= 11 is 0. The fourth-order valence-electron chi connectivity index (χ4n) is 2.35. The molecule has 104 valence electrons. The van der Waals surface area contributed by atoms with Crippen molar-refractivity contribution in [2.45, 2.75) is 6.54 Å². The molecule has 2 heteroatoms. The van der Waals surface area contributed by atoms with Gasteiger partial charge in [0.15, 0.2) is 0 Å². The molecule has 0 fully saturated rings. The van der Waals surface area contributed by atoms with E-state index in [1.54, 1.807) is 12.1 Å². The molecular formula is C19H16FN. The first-order valence-corrected chi connectivity index (χ1v) is 6.96. The average Bonchev–Trinajstić information content (AvgIpc) is 2.54. The zero-order chi connectivity index (χ0) is 14.5. The van der Waals surface area contributed by atoms with Crippen molar-refractivity contribution in [2.24, 2.45) is 0 Å². The van der Waals surface area contributed by atoms with E-state index in [-0.39, 0.29) is 5.82 Å². The number of halogens is 1. The van der Waals surface area contributed by atoms with Crippen LogP contribution in [0.15, 0.2) is 78.9 Å². The van der Waals surface area contributed by atoms with Gasteiger partial charge < -0.3 is 5.32 Å². The van der Waals surface area contributed by atoms with E-state index >= 15 is 0 Å². The molecule has 0 atom stereocenters. The van der Waals surface area contributed by atoms with Gasteiger partial charge in [-0.15, -0.1) is 0 Å². The molecule has 0 unspecified atom stereocenters. The summed E-state index contributed by atoms with van der Waals surface area (Å²) in [7, 11) is 0. The van der Waals surface area contributed by atoms with Crippen LogP contribution in [0.1, 0.15) is 5.56 Å². The summed E-state index contributed by atoms with van der Waals surface area (Å²) < 4.78 is 13.2. The van der Waals surface area contributed by atoms with Crippen LogP contribution in [0, 0.1) is 5.82 Å². The molecule has 1 nitrogen and oxygen atoms in total. The Bertz CT molecular complexity index is 722. The van der Waals surface area contributed by atoms with Gasteiger partial charge in [0.1, 0.15) is 5.82 Å². The zero-order valence-electron chi connectivity index (χ0n) is 11.6. The summed E-state index contributed by atoms with van der Waals surface area (Å²) in [5, 5.41) is 3.39. The first-order valence-electron chi connectivity index (χ1n) is 6.96. The molecule has 3 rings (SSSR count). The Hall–Kier alpha value is -2.61. The van der Waals surface area contributed by atoms with Crippen molar-refractivity contribution < 1.29 is 4.39 Å². The summed E-state index contributed by atoms with van der Waals surface area (Å²) in [6.07, 6.45) is 0. The van der Waals surface area contributed by atoms with Crippen LogP contribution in [0.4, 0.5) is 10.1 Å². The predicted molar refractivity (Wildman–Crippen MR) is 85.6 cm³/mol. The molecule has 3 aromatic rings. The van der Waals surface area contributed by atoms with E-state index in [1.165, 1.54) is 11.6 Å². The van der Waals surface area contributed by atoms with Gasteiger partial charge in [-0.3, -0.25) is 0 Å². The van der Waals surface area contributed by atoms with Gasteiger partial charge in [0.05, 0.1) is 0 Å². The maximum atomic E-state index is 13.2. The Balaban J connectivity index is 1.83. The molecule has 0 spiro atoms. The van der Waals surface area contributed by atoms with Gasteiger partial charge in [-0.1, -0.05) is 60.7 Å². The van der Waals surface area contributed by atoms with Crippen molar-refractivity contribution in [3.05, 3.63) is 90.2 Å². The molecule has 0 aliphatic carbocycles. The fraction of sp³-hybridized carbons (Fsp3) is 0.0526. The lowest BCUT2D eigenvalue weighted by Crippen LogP contribution is -2.01. The van der Waals surface area contributed by atoms with E-state index in [9.17, 15) is 4.39 Å². The van der Waals surface area contributed by atoms with E-state index in [0.717, 1.165) is 16.8 Å². The van der Waals surface area contributed by atoms with Crippen LogP contribution in [-0.2, 0) is 6.54 Å². The highest BCUT2D eigenvalue weighted by molar-refractivity contribution is 5.77. The molecule has 0 radical (unpaired) electrons. The number of hydrogen-bond donors (Lipinski definition) is 1. The fourth-order valence-corrected chi connectivity index (χ4v) is 2.35. The Labute approximate surface area is 124 Å². The van der Waals surface area contributed by atoms with Crippen LogP contribution in [0.3, 0.4) is 0 Å². The van der Waals surface area contributed by atoms with Crippen molar-refractivity contribution in [3.63, 3.8) is 0 Å². The summed E-state index contributed by atoms with van der Waals surface area (Å²) in [5.41, 5.74) is 4.29. The van der Waals surface area contributed by atoms with Gasteiger partial charge in [-0.2, -0.15) is 0 Å². The number of rotatable bonds is 4. The van der Waals surface area contributed by atoms with Gasteiger partial charge in [0.2, 0.25) is 0 Å². The molecule has 21 heavy (non-hydrogen) atoms. The molecule has 0 amide bonds. The Morgan fingerprint density at radius 1 is 0.762 bits per heavy atom. The van der Waals surface area contributed by atoms with E-state index in [2.05, 4.69) is 23.5 Å². The second-order valence-electron chi connectivity index (χ2n) is 4.90. The summed E-state index contributed by atoms with van der Waals surface area (Å²) in [6.45, 7) is 0.599. The number of anilines is 1. The highest BCUT2D eigenvalue weighted by Crippen LogP contribution is 2.27. The minimum absolute atomic E-state index is 0.203. The lowest BCUT2D eigenvalue weighted by atomic mass is 10.0. The van der Waals surface area contributed by atoms with E-state index in [4.69, 9.17) is 0 Å². The first-order chi connectivity index (χ1) is 10.3. The topological polar surface area (TPSA) is 12.0 Å². The summed E-state index contributed by atoms with van der Waals surface area (Å²) in [4.78, 5) is 0. The molecule has 1 N–H and O–H groups in total.